The van der Waals surface area contributed by atoms with E-state index in [1.807, 2.05) is 6.07 Å². The largest absolute Gasteiger partial charge is 0.508 e. The Bertz CT molecular complexity index is 442. The van der Waals surface area contributed by atoms with Gasteiger partial charge in [-0.3, -0.25) is 4.79 Å². The molecule has 98 valence electrons. The third kappa shape index (κ3) is 2.63. The van der Waals surface area contributed by atoms with Gasteiger partial charge in [-0.05, 0) is 24.1 Å². The first-order chi connectivity index (χ1) is 8.51. The highest BCUT2D eigenvalue weighted by Gasteiger charge is 2.40. The lowest BCUT2D eigenvalue weighted by Crippen LogP contribution is -2.54. The minimum atomic E-state index is -0.897. The van der Waals surface area contributed by atoms with Crippen molar-refractivity contribution in [3.05, 3.63) is 29.8 Å². The van der Waals surface area contributed by atoms with Crippen LogP contribution in [0.25, 0.3) is 0 Å². The van der Waals surface area contributed by atoms with E-state index in [-0.39, 0.29) is 18.3 Å². The van der Waals surface area contributed by atoms with Crippen molar-refractivity contribution in [2.24, 2.45) is 5.73 Å². The topological polar surface area (TPSA) is 75.8 Å². The van der Waals surface area contributed by atoms with Crippen LogP contribution < -0.4 is 5.73 Å². The Kier molecular flexibility index (Phi) is 3.54. The number of carbonyl (C=O) groups is 1. The van der Waals surface area contributed by atoms with E-state index in [0.29, 0.717) is 19.6 Å². The van der Waals surface area contributed by atoms with Gasteiger partial charge in [0.1, 0.15) is 11.3 Å². The summed E-state index contributed by atoms with van der Waals surface area (Å²) in [6, 6.07) is 6.84. The van der Waals surface area contributed by atoms with Gasteiger partial charge in [-0.1, -0.05) is 12.1 Å². The van der Waals surface area contributed by atoms with Gasteiger partial charge >= 0.3 is 0 Å². The summed E-state index contributed by atoms with van der Waals surface area (Å²) in [7, 11) is 1.71. The molecule has 0 aliphatic carbocycles. The highest BCUT2D eigenvalue weighted by Crippen LogP contribution is 2.19. The molecule has 18 heavy (non-hydrogen) atoms. The number of ether oxygens (including phenoxy) is 1. The number of benzene rings is 1. The van der Waals surface area contributed by atoms with E-state index in [0.717, 1.165) is 5.56 Å². The lowest BCUT2D eigenvalue weighted by atomic mass is 9.98. The molecule has 3 N–H and O–H groups in total. The monoisotopic (exact) mass is 250 g/mol. The maximum absolute atomic E-state index is 12.2. The van der Waals surface area contributed by atoms with E-state index >= 15 is 0 Å². The second kappa shape index (κ2) is 4.96. The summed E-state index contributed by atoms with van der Waals surface area (Å²) in [5, 5.41) is 9.38. The third-order valence-corrected chi connectivity index (χ3v) is 3.16. The Morgan fingerprint density at radius 3 is 3.00 bits per heavy atom. The zero-order valence-corrected chi connectivity index (χ0v) is 10.4. The molecule has 0 spiro atoms. The van der Waals surface area contributed by atoms with E-state index in [1.165, 1.54) is 0 Å². The Morgan fingerprint density at radius 2 is 2.39 bits per heavy atom. The molecular formula is C13H18N2O3. The number of phenols is 1. The van der Waals surface area contributed by atoms with Crippen molar-refractivity contribution in [3.8, 4) is 5.75 Å². The van der Waals surface area contributed by atoms with Crippen LogP contribution in [0.3, 0.4) is 0 Å². The van der Waals surface area contributed by atoms with Gasteiger partial charge in [0.2, 0.25) is 5.91 Å². The van der Waals surface area contributed by atoms with Crippen LogP contribution in [-0.2, 0) is 16.1 Å². The summed E-state index contributed by atoms with van der Waals surface area (Å²) >= 11 is 0. The van der Waals surface area contributed by atoms with Crippen LogP contribution in [-0.4, -0.2) is 41.7 Å². The fraction of sp³-hybridized carbons (Fsp3) is 0.462. The first-order valence-corrected chi connectivity index (χ1v) is 5.91. The van der Waals surface area contributed by atoms with Crippen LogP contribution >= 0.6 is 0 Å². The van der Waals surface area contributed by atoms with E-state index in [9.17, 15) is 9.90 Å². The zero-order chi connectivity index (χ0) is 13.2. The molecule has 1 heterocycles. The van der Waals surface area contributed by atoms with Gasteiger partial charge in [0.25, 0.3) is 0 Å². The minimum absolute atomic E-state index is 0.122. The second-order valence-corrected chi connectivity index (χ2v) is 4.79. The van der Waals surface area contributed by atoms with Gasteiger partial charge in [-0.15, -0.1) is 0 Å². The standard InChI is InChI=1S/C13H18N2O3/c1-15(8-10-3-2-4-11(16)7-10)12(17)13(14)5-6-18-9-13/h2-4,7,16H,5-6,8-9,14H2,1H3. The third-order valence-electron chi connectivity index (χ3n) is 3.16. The van der Waals surface area contributed by atoms with Gasteiger partial charge in [0.05, 0.1) is 6.61 Å². The molecule has 0 saturated carbocycles. The average molecular weight is 250 g/mol. The first-order valence-electron chi connectivity index (χ1n) is 5.91. The number of rotatable bonds is 3. The van der Waals surface area contributed by atoms with Crippen LogP contribution in [0.1, 0.15) is 12.0 Å². The fourth-order valence-corrected chi connectivity index (χ4v) is 2.13. The second-order valence-electron chi connectivity index (χ2n) is 4.79. The quantitative estimate of drug-likeness (QED) is 0.817. The van der Waals surface area contributed by atoms with Gasteiger partial charge in [0.15, 0.2) is 0 Å². The summed E-state index contributed by atoms with van der Waals surface area (Å²) < 4.78 is 5.19. The van der Waals surface area contributed by atoms with E-state index in [1.54, 1.807) is 30.1 Å². The van der Waals surface area contributed by atoms with Crippen LogP contribution in [0, 0.1) is 0 Å². The summed E-state index contributed by atoms with van der Waals surface area (Å²) in [6.45, 7) is 1.23. The van der Waals surface area contributed by atoms with E-state index in [2.05, 4.69) is 0 Å². The molecular weight excluding hydrogens is 232 g/mol. The van der Waals surface area contributed by atoms with Crippen LogP contribution in [0.2, 0.25) is 0 Å². The van der Waals surface area contributed by atoms with Crippen molar-refractivity contribution >= 4 is 5.91 Å². The number of nitrogens with zero attached hydrogens (tertiary/aromatic N) is 1. The van der Waals surface area contributed by atoms with Gasteiger partial charge < -0.3 is 20.5 Å². The predicted molar refractivity (Wildman–Crippen MR) is 66.9 cm³/mol. The normalized spacial score (nSPS) is 23.0. The Balaban J connectivity index is 2.03. The number of nitrogens with two attached hydrogens (primary N) is 1. The SMILES string of the molecule is CN(Cc1cccc(O)c1)C(=O)C1(N)CCOC1. The number of hydrogen-bond acceptors (Lipinski definition) is 4. The maximum Gasteiger partial charge on any atom is 0.245 e. The summed E-state index contributed by atoms with van der Waals surface area (Å²) in [6.07, 6.45) is 0.552. The van der Waals surface area contributed by atoms with Crippen molar-refractivity contribution < 1.29 is 14.6 Å². The molecule has 0 radical (unpaired) electrons. The van der Waals surface area contributed by atoms with Crippen molar-refractivity contribution in [3.63, 3.8) is 0 Å². The molecule has 1 aromatic rings. The van der Waals surface area contributed by atoms with E-state index in [4.69, 9.17) is 10.5 Å². The maximum atomic E-state index is 12.2. The Hall–Kier alpha value is -1.59. The minimum Gasteiger partial charge on any atom is -0.508 e. The molecule has 1 amide bonds. The number of phenolic OH excluding ortho intramolecular Hbond substituents is 1. The summed E-state index contributed by atoms with van der Waals surface area (Å²) in [4.78, 5) is 13.8. The molecule has 2 rings (SSSR count). The van der Waals surface area contributed by atoms with E-state index < -0.39 is 5.54 Å². The molecule has 1 aromatic carbocycles. The van der Waals surface area contributed by atoms with Crippen LogP contribution in [0.4, 0.5) is 0 Å². The van der Waals surface area contributed by atoms with Crippen molar-refractivity contribution in [2.45, 2.75) is 18.5 Å². The zero-order valence-electron chi connectivity index (χ0n) is 10.4. The lowest BCUT2D eigenvalue weighted by Gasteiger charge is -2.27. The van der Waals surface area contributed by atoms with Crippen LogP contribution in [0.15, 0.2) is 24.3 Å². The molecule has 0 bridgehead atoms. The fourth-order valence-electron chi connectivity index (χ4n) is 2.13. The first kappa shape index (κ1) is 12.9. The Labute approximate surface area is 106 Å². The lowest BCUT2D eigenvalue weighted by molar-refractivity contribution is -0.136. The highest BCUT2D eigenvalue weighted by atomic mass is 16.5. The summed E-state index contributed by atoms with van der Waals surface area (Å²) in [5.41, 5.74) is 5.99. The molecule has 1 atom stereocenters. The molecule has 5 heteroatoms. The van der Waals surface area contributed by atoms with Crippen molar-refractivity contribution in [2.75, 3.05) is 20.3 Å². The molecule has 5 nitrogen and oxygen atoms in total. The van der Waals surface area contributed by atoms with Gasteiger partial charge in [-0.25, -0.2) is 0 Å². The Morgan fingerprint density at radius 1 is 1.61 bits per heavy atom. The highest BCUT2D eigenvalue weighted by molar-refractivity contribution is 5.86. The van der Waals surface area contributed by atoms with Gasteiger partial charge in [-0.2, -0.15) is 0 Å². The number of hydrogen-bond donors (Lipinski definition) is 2. The molecule has 0 aromatic heterocycles. The van der Waals surface area contributed by atoms with Gasteiger partial charge in [0, 0.05) is 20.2 Å². The average Bonchev–Trinajstić information content (AvgIpc) is 2.76. The smallest absolute Gasteiger partial charge is 0.245 e. The number of carbonyl (C=O) groups excluding carboxylic acids is 1. The number of aromatic hydroxyl groups is 1. The predicted octanol–water partition coefficient (Wildman–Crippen LogP) is 0.468. The van der Waals surface area contributed by atoms with Crippen LogP contribution in [0.5, 0.6) is 5.75 Å². The molecule has 1 fully saturated rings. The number of amides is 1. The van der Waals surface area contributed by atoms with Crippen molar-refractivity contribution in [1.82, 2.24) is 4.90 Å². The molecule has 1 aliphatic rings. The summed E-state index contributed by atoms with van der Waals surface area (Å²) in [5.74, 6) is 0.0725. The molecule has 1 saturated heterocycles. The number of likely N-dealkylation sites (N-methyl/N-ethyl adjacent to an activating group) is 1. The molecule has 1 unspecified atom stereocenters. The molecule has 1 aliphatic heterocycles. The van der Waals surface area contributed by atoms with Crippen molar-refractivity contribution in [1.29, 1.82) is 0 Å².